The van der Waals surface area contributed by atoms with Crippen LogP contribution in [-0.2, 0) is 13.1 Å². The summed E-state index contributed by atoms with van der Waals surface area (Å²) in [5, 5.41) is 3.50. The van der Waals surface area contributed by atoms with Gasteiger partial charge in [-0.05, 0) is 31.1 Å². The lowest BCUT2D eigenvalue weighted by atomic mass is 10.2. The Balaban J connectivity index is 2.58. The predicted octanol–water partition coefficient (Wildman–Crippen LogP) is 2.22. The number of nitrogens with one attached hydrogen (secondary N) is 2. The first-order chi connectivity index (χ1) is 13.9. The van der Waals surface area contributed by atoms with Gasteiger partial charge in [-0.2, -0.15) is 0 Å². The van der Waals surface area contributed by atoms with E-state index in [2.05, 4.69) is 10.3 Å². The highest BCUT2D eigenvalue weighted by atomic mass is 32.1. The molecule has 1 aromatic carbocycles. The molecule has 0 unspecified atom stereocenters. The molecule has 8 nitrogen and oxygen atoms in total. The Labute approximate surface area is 175 Å². The molecule has 2 aromatic rings. The zero-order chi connectivity index (χ0) is 21.4. The molecule has 0 amide bonds. The average Bonchev–Trinajstić information content (AvgIpc) is 2.71. The van der Waals surface area contributed by atoms with E-state index in [1.54, 1.807) is 12.0 Å². The van der Waals surface area contributed by atoms with Crippen LogP contribution in [0, 0.1) is 0 Å². The van der Waals surface area contributed by atoms with Crippen LogP contribution in [0.2, 0.25) is 0 Å². The fourth-order valence-electron chi connectivity index (χ4n) is 2.96. The Morgan fingerprint density at radius 2 is 2.00 bits per heavy atom. The van der Waals surface area contributed by atoms with Crippen molar-refractivity contribution >= 4 is 28.8 Å². The summed E-state index contributed by atoms with van der Waals surface area (Å²) >= 11 is 5.56. The van der Waals surface area contributed by atoms with Gasteiger partial charge >= 0.3 is 5.69 Å². The third-order valence-corrected chi connectivity index (χ3v) is 4.88. The van der Waals surface area contributed by atoms with Gasteiger partial charge < -0.3 is 20.7 Å². The summed E-state index contributed by atoms with van der Waals surface area (Å²) in [6, 6.07) is 7.48. The number of nitrogen functional groups attached to an aromatic ring is 1. The summed E-state index contributed by atoms with van der Waals surface area (Å²) in [5.41, 5.74) is 6.19. The first-order valence-electron chi connectivity index (χ1n) is 9.74. The topological polar surface area (TPSA) is 105 Å². The van der Waals surface area contributed by atoms with Crippen LogP contribution in [-0.4, -0.2) is 28.3 Å². The maximum atomic E-state index is 12.7. The molecule has 9 heteroatoms. The Bertz CT molecular complexity index is 954. The van der Waals surface area contributed by atoms with Crippen molar-refractivity contribution in [3.8, 4) is 5.75 Å². The fourth-order valence-corrected chi connectivity index (χ4v) is 3.22. The normalized spacial score (nSPS) is 10.6. The first-order valence-corrected chi connectivity index (χ1v) is 10.1. The summed E-state index contributed by atoms with van der Waals surface area (Å²) in [6.07, 6.45) is 2.52. The van der Waals surface area contributed by atoms with Crippen molar-refractivity contribution in [2.75, 3.05) is 24.3 Å². The van der Waals surface area contributed by atoms with Crippen LogP contribution in [0.15, 0.2) is 33.9 Å². The number of nitrogens with zero attached hydrogens (tertiary/aromatic N) is 2. The highest BCUT2D eigenvalue weighted by Crippen LogP contribution is 2.24. The van der Waals surface area contributed by atoms with Gasteiger partial charge in [-0.1, -0.05) is 38.5 Å². The predicted molar refractivity (Wildman–Crippen MR) is 121 cm³/mol. The molecule has 0 saturated heterocycles. The van der Waals surface area contributed by atoms with E-state index in [1.807, 2.05) is 38.1 Å². The number of rotatable bonds is 9. The maximum absolute atomic E-state index is 12.7. The van der Waals surface area contributed by atoms with Crippen molar-refractivity contribution in [3.05, 3.63) is 50.7 Å². The lowest BCUT2D eigenvalue weighted by molar-refractivity contribution is 0.410. The monoisotopic (exact) mass is 419 g/mol. The van der Waals surface area contributed by atoms with Crippen LogP contribution in [0.3, 0.4) is 0 Å². The van der Waals surface area contributed by atoms with Gasteiger partial charge in [0.05, 0.1) is 13.7 Å². The molecular weight excluding hydrogens is 390 g/mol. The van der Waals surface area contributed by atoms with E-state index in [0.717, 1.165) is 24.8 Å². The standard InChI is InChI=1S/C20H29N5O3S/c1-4-6-12-24-17(21)16(18(26)23-19(24)27)25(20(29)22-11-5-2)13-14-9-7-8-10-15(14)28-3/h7-10H,4-6,11-13,21H2,1-3H3,(H,22,29)(H,23,26,27). The molecule has 2 rings (SSSR count). The molecule has 0 aliphatic rings. The molecule has 0 spiro atoms. The van der Waals surface area contributed by atoms with Gasteiger partial charge in [-0.25, -0.2) is 4.79 Å². The third-order valence-electron chi connectivity index (χ3n) is 4.51. The molecule has 0 aliphatic carbocycles. The highest BCUT2D eigenvalue weighted by Gasteiger charge is 2.23. The van der Waals surface area contributed by atoms with E-state index in [1.165, 1.54) is 4.57 Å². The van der Waals surface area contributed by atoms with Crippen molar-refractivity contribution < 1.29 is 4.74 Å². The van der Waals surface area contributed by atoms with Gasteiger partial charge in [0.2, 0.25) is 0 Å². The number of hydrogen-bond acceptors (Lipinski definition) is 5. The molecule has 1 heterocycles. The number of H-pyrrole nitrogens is 1. The van der Waals surface area contributed by atoms with Gasteiger partial charge in [-0.3, -0.25) is 14.3 Å². The molecule has 4 N–H and O–H groups in total. The largest absolute Gasteiger partial charge is 0.496 e. The second-order valence-corrected chi connectivity index (χ2v) is 7.01. The highest BCUT2D eigenvalue weighted by molar-refractivity contribution is 7.80. The fraction of sp³-hybridized carbons (Fsp3) is 0.450. The number of methoxy groups -OCH3 is 1. The van der Waals surface area contributed by atoms with E-state index >= 15 is 0 Å². The van der Waals surface area contributed by atoms with Crippen LogP contribution >= 0.6 is 12.2 Å². The van der Waals surface area contributed by atoms with E-state index in [9.17, 15) is 9.59 Å². The summed E-state index contributed by atoms with van der Waals surface area (Å²) in [7, 11) is 1.59. The summed E-state index contributed by atoms with van der Waals surface area (Å²) in [4.78, 5) is 29.0. The smallest absolute Gasteiger partial charge is 0.330 e. The molecule has 0 bridgehead atoms. The van der Waals surface area contributed by atoms with E-state index in [-0.39, 0.29) is 18.1 Å². The number of benzene rings is 1. The number of anilines is 2. The summed E-state index contributed by atoms with van der Waals surface area (Å²) in [5.74, 6) is 0.771. The summed E-state index contributed by atoms with van der Waals surface area (Å²) in [6.45, 7) is 5.37. The van der Waals surface area contributed by atoms with Crippen molar-refractivity contribution in [1.82, 2.24) is 14.9 Å². The van der Waals surface area contributed by atoms with Crippen LogP contribution in [0.5, 0.6) is 5.75 Å². The Hall–Kier alpha value is -2.81. The van der Waals surface area contributed by atoms with E-state index in [0.29, 0.717) is 24.0 Å². The molecule has 0 atom stereocenters. The number of ether oxygens (including phenoxy) is 1. The molecule has 0 aliphatic heterocycles. The van der Waals surface area contributed by atoms with Gasteiger partial charge in [0.25, 0.3) is 5.56 Å². The molecular formula is C20H29N5O3S. The number of thiocarbonyl (C=S) groups is 1. The van der Waals surface area contributed by atoms with Gasteiger partial charge in [0.15, 0.2) is 10.8 Å². The zero-order valence-corrected chi connectivity index (χ0v) is 18.0. The lowest BCUT2D eigenvalue weighted by Crippen LogP contribution is -2.45. The van der Waals surface area contributed by atoms with Crippen molar-refractivity contribution in [2.24, 2.45) is 0 Å². The molecule has 1 aromatic heterocycles. The minimum absolute atomic E-state index is 0.0998. The van der Waals surface area contributed by atoms with Crippen LogP contribution in [0.25, 0.3) is 0 Å². The van der Waals surface area contributed by atoms with Crippen LogP contribution < -0.4 is 31.9 Å². The lowest BCUT2D eigenvalue weighted by Gasteiger charge is -2.27. The molecule has 0 fully saturated rings. The number of unbranched alkanes of at least 4 members (excludes halogenated alkanes) is 1. The number of aromatic amines is 1. The first kappa shape index (κ1) is 22.5. The number of aromatic nitrogens is 2. The van der Waals surface area contributed by atoms with E-state index < -0.39 is 11.2 Å². The van der Waals surface area contributed by atoms with Crippen molar-refractivity contribution in [3.63, 3.8) is 0 Å². The third kappa shape index (κ3) is 5.38. The minimum atomic E-state index is -0.573. The van der Waals surface area contributed by atoms with E-state index in [4.69, 9.17) is 22.7 Å². The molecule has 0 radical (unpaired) electrons. The Kier molecular flexibility index (Phi) is 8.26. The van der Waals surface area contributed by atoms with Gasteiger partial charge in [0, 0.05) is 18.7 Å². The summed E-state index contributed by atoms with van der Waals surface area (Å²) < 4.78 is 6.82. The van der Waals surface area contributed by atoms with Crippen molar-refractivity contribution in [1.29, 1.82) is 0 Å². The van der Waals surface area contributed by atoms with Crippen molar-refractivity contribution in [2.45, 2.75) is 46.2 Å². The Morgan fingerprint density at radius 3 is 2.66 bits per heavy atom. The van der Waals surface area contributed by atoms with Crippen LogP contribution in [0.4, 0.5) is 11.5 Å². The van der Waals surface area contributed by atoms with Gasteiger partial charge in [-0.15, -0.1) is 0 Å². The second-order valence-electron chi connectivity index (χ2n) is 6.63. The molecule has 0 saturated carbocycles. The number of nitrogens with two attached hydrogens (primary N) is 1. The average molecular weight is 420 g/mol. The molecule has 29 heavy (non-hydrogen) atoms. The second kappa shape index (κ2) is 10.7. The zero-order valence-electron chi connectivity index (χ0n) is 17.2. The number of hydrogen-bond donors (Lipinski definition) is 3. The minimum Gasteiger partial charge on any atom is -0.496 e. The number of para-hydroxylation sites is 1. The maximum Gasteiger partial charge on any atom is 0.330 e. The SMILES string of the molecule is CCCCn1c(N)c(N(Cc2ccccc2OC)C(=S)NCCC)c(=O)[nH]c1=O. The quantitative estimate of drug-likeness (QED) is 0.535. The molecule has 158 valence electrons. The van der Waals surface area contributed by atoms with Crippen LogP contribution in [0.1, 0.15) is 38.7 Å². The van der Waals surface area contributed by atoms with Gasteiger partial charge in [0.1, 0.15) is 11.6 Å². The Morgan fingerprint density at radius 1 is 1.28 bits per heavy atom.